The highest BCUT2D eigenvalue weighted by Gasteiger charge is 2.18. The van der Waals surface area contributed by atoms with Gasteiger partial charge in [-0.1, -0.05) is 6.07 Å². The number of aryl methyl sites for hydroxylation is 1. The molecule has 3 rings (SSSR count). The fourth-order valence-corrected chi connectivity index (χ4v) is 3.48. The number of anilines is 1. The fraction of sp³-hybridized carbons (Fsp3) is 0.0625. The number of nitrogens with zero attached hydrogens (tertiary/aromatic N) is 3. The summed E-state index contributed by atoms with van der Waals surface area (Å²) in [6.45, 7) is 1.84. The van der Waals surface area contributed by atoms with Crippen LogP contribution in [0.4, 0.5) is 5.69 Å². The molecular weight excluding hydrogens is 326 g/mol. The third-order valence-electron chi connectivity index (χ3n) is 3.56. The van der Waals surface area contributed by atoms with Gasteiger partial charge in [-0.05, 0) is 24.6 Å². The van der Waals surface area contributed by atoms with Gasteiger partial charge in [-0.3, -0.25) is 9.71 Å². The van der Waals surface area contributed by atoms with Crippen LogP contribution in [0.2, 0.25) is 0 Å². The van der Waals surface area contributed by atoms with Crippen molar-refractivity contribution in [2.45, 2.75) is 11.8 Å². The molecule has 0 spiro atoms. The molecule has 0 saturated carbocycles. The van der Waals surface area contributed by atoms with Gasteiger partial charge >= 0.3 is 0 Å². The molecule has 0 radical (unpaired) electrons. The number of aromatic amines is 1. The molecule has 2 aromatic heterocycles. The zero-order chi connectivity index (χ0) is 17.3. The normalized spacial score (nSPS) is 11.0. The Kier molecular flexibility index (Phi) is 3.68. The lowest BCUT2D eigenvalue weighted by molar-refractivity contribution is 0.601. The average molecular weight is 337 g/mol. The maximum Gasteiger partial charge on any atom is 0.263 e. The first-order valence-corrected chi connectivity index (χ1v) is 8.33. The number of pyridine rings is 1. The zero-order valence-corrected chi connectivity index (χ0v) is 13.3. The van der Waals surface area contributed by atoms with Crippen LogP contribution in [-0.2, 0) is 10.0 Å². The van der Waals surface area contributed by atoms with Crippen molar-refractivity contribution in [2.75, 3.05) is 4.72 Å². The molecule has 0 bridgehead atoms. The summed E-state index contributed by atoms with van der Waals surface area (Å²) in [5.41, 5.74) is 2.30. The van der Waals surface area contributed by atoms with Crippen LogP contribution < -0.4 is 4.72 Å². The molecule has 2 N–H and O–H groups in total. The van der Waals surface area contributed by atoms with Gasteiger partial charge in [0.05, 0.1) is 22.3 Å². The summed E-state index contributed by atoms with van der Waals surface area (Å²) < 4.78 is 27.5. The maximum atomic E-state index is 12.5. The van der Waals surface area contributed by atoms with Crippen LogP contribution in [0.25, 0.3) is 10.9 Å². The van der Waals surface area contributed by atoms with E-state index in [1.165, 1.54) is 24.7 Å². The Bertz CT molecular complexity index is 1130. The van der Waals surface area contributed by atoms with Crippen molar-refractivity contribution >= 4 is 26.6 Å². The van der Waals surface area contributed by atoms with Gasteiger partial charge in [-0.15, -0.1) is 0 Å². The highest BCUT2D eigenvalue weighted by Crippen LogP contribution is 2.29. The molecule has 0 fully saturated rings. The highest BCUT2D eigenvalue weighted by atomic mass is 32.2. The van der Waals surface area contributed by atoms with E-state index in [0.29, 0.717) is 22.2 Å². The van der Waals surface area contributed by atoms with E-state index in [4.69, 9.17) is 10.5 Å². The number of sulfonamides is 1. The van der Waals surface area contributed by atoms with Crippen LogP contribution in [-0.4, -0.2) is 18.4 Å². The molecule has 0 aliphatic carbocycles. The molecule has 24 heavy (non-hydrogen) atoms. The Hall–Kier alpha value is -3.36. The maximum absolute atomic E-state index is 12.5. The number of H-pyrrole nitrogens is 1. The summed E-state index contributed by atoms with van der Waals surface area (Å²) in [5.74, 6) is 0. The van der Waals surface area contributed by atoms with Crippen molar-refractivity contribution in [1.29, 1.82) is 10.5 Å². The summed E-state index contributed by atoms with van der Waals surface area (Å²) in [7, 11) is -3.91. The van der Waals surface area contributed by atoms with Gasteiger partial charge in [-0.2, -0.15) is 10.5 Å². The summed E-state index contributed by atoms with van der Waals surface area (Å²) in [6, 6.07) is 8.53. The van der Waals surface area contributed by atoms with Gasteiger partial charge in [0.25, 0.3) is 10.0 Å². The van der Waals surface area contributed by atoms with Crippen molar-refractivity contribution in [3.63, 3.8) is 0 Å². The van der Waals surface area contributed by atoms with E-state index in [1.807, 2.05) is 13.0 Å². The number of hydrogen-bond donors (Lipinski definition) is 2. The minimum Gasteiger partial charge on any atom is -0.358 e. The Morgan fingerprint density at radius 2 is 2.00 bits per heavy atom. The second-order valence-corrected chi connectivity index (χ2v) is 6.80. The molecule has 3 aromatic rings. The lowest BCUT2D eigenvalue weighted by Gasteiger charge is -2.10. The van der Waals surface area contributed by atoms with Gasteiger partial charge in [0.2, 0.25) is 0 Å². The van der Waals surface area contributed by atoms with Crippen LogP contribution in [0, 0.1) is 29.6 Å². The third-order valence-corrected chi connectivity index (χ3v) is 4.89. The first-order chi connectivity index (χ1) is 11.5. The molecule has 8 heteroatoms. The van der Waals surface area contributed by atoms with Crippen LogP contribution in [0.15, 0.2) is 41.7 Å². The van der Waals surface area contributed by atoms with E-state index in [9.17, 15) is 8.42 Å². The summed E-state index contributed by atoms with van der Waals surface area (Å²) in [6.07, 6.45) is 3.99. The van der Waals surface area contributed by atoms with Gasteiger partial charge in [-0.25, -0.2) is 8.42 Å². The molecule has 0 aliphatic heterocycles. The predicted octanol–water partition coefficient (Wildman–Crippen LogP) is 2.42. The largest absolute Gasteiger partial charge is 0.358 e. The molecule has 2 heterocycles. The fourth-order valence-electron chi connectivity index (χ4n) is 2.42. The molecule has 0 unspecified atom stereocenters. The van der Waals surface area contributed by atoms with E-state index in [2.05, 4.69) is 20.8 Å². The Balaban J connectivity index is 2.10. The first kappa shape index (κ1) is 15.5. The molecule has 0 saturated heterocycles. The van der Waals surface area contributed by atoms with Crippen molar-refractivity contribution < 1.29 is 8.42 Å². The summed E-state index contributed by atoms with van der Waals surface area (Å²) in [4.78, 5) is 6.58. The van der Waals surface area contributed by atoms with E-state index >= 15 is 0 Å². The topological polar surface area (TPSA) is 122 Å². The standard InChI is InChI=1S/C16H11N5O2S/c1-10-2-3-14(16-15(10)12(6-18)8-20-16)21-24(22,23)13-4-11(5-17)7-19-9-13/h2-4,7-9,20-21H,1H3. The van der Waals surface area contributed by atoms with Crippen LogP contribution in [0.1, 0.15) is 16.7 Å². The van der Waals surface area contributed by atoms with E-state index < -0.39 is 10.0 Å². The van der Waals surface area contributed by atoms with E-state index in [-0.39, 0.29) is 10.5 Å². The van der Waals surface area contributed by atoms with Gasteiger partial charge in [0, 0.05) is 24.0 Å². The number of nitriles is 2. The zero-order valence-electron chi connectivity index (χ0n) is 12.5. The Morgan fingerprint density at radius 1 is 1.21 bits per heavy atom. The van der Waals surface area contributed by atoms with Crippen LogP contribution in [0.5, 0.6) is 0 Å². The van der Waals surface area contributed by atoms with Crippen LogP contribution in [0.3, 0.4) is 0 Å². The average Bonchev–Trinajstić information content (AvgIpc) is 3.02. The number of aromatic nitrogens is 2. The molecule has 0 atom stereocenters. The number of fused-ring (bicyclic) bond motifs is 1. The van der Waals surface area contributed by atoms with Crippen molar-refractivity contribution in [3.8, 4) is 12.1 Å². The third kappa shape index (κ3) is 2.56. The molecule has 118 valence electrons. The molecule has 0 amide bonds. The number of benzene rings is 1. The molecular formula is C16H11N5O2S. The van der Waals surface area contributed by atoms with Crippen LogP contribution >= 0.6 is 0 Å². The number of nitrogens with one attached hydrogen (secondary N) is 2. The molecule has 0 aliphatic rings. The second-order valence-electron chi connectivity index (χ2n) is 5.12. The highest BCUT2D eigenvalue weighted by molar-refractivity contribution is 7.92. The van der Waals surface area contributed by atoms with E-state index in [0.717, 1.165) is 5.56 Å². The van der Waals surface area contributed by atoms with Gasteiger partial charge < -0.3 is 4.98 Å². The monoisotopic (exact) mass is 337 g/mol. The van der Waals surface area contributed by atoms with Gasteiger partial charge in [0.1, 0.15) is 17.0 Å². The van der Waals surface area contributed by atoms with Crippen molar-refractivity contribution in [1.82, 2.24) is 9.97 Å². The van der Waals surface area contributed by atoms with Crippen molar-refractivity contribution in [3.05, 3.63) is 53.5 Å². The minimum absolute atomic E-state index is 0.109. The minimum atomic E-state index is -3.91. The molecule has 1 aromatic carbocycles. The summed E-state index contributed by atoms with van der Waals surface area (Å²) >= 11 is 0. The Morgan fingerprint density at radius 3 is 2.71 bits per heavy atom. The number of hydrogen-bond acceptors (Lipinski definition) is 5. The quantitative estimate of drug-likeness (QED) is 0.760. The SMILES string of the molecule is Cc1ccc(NS(=O)(=O)c2cncc(C#N)c2)c2[nH]cc(C#N)c12. The van der Waals surface area contributed by atoms with Crippen molar-refractivity contribution in [2.24, 2.45) is 0 Å². The lowest BCUT2D eigenvalue weighted by Crippen LogP contribution is -2.13. The first-order valence-electron chi connectivity index (χ1n) is 6.85. The number of rotatable bonds is 3. The predicted molar refractivity (Wildman–Crippen MR) is 87.5 cm³/mol. The summed E-state index contributed by atoms with van der Waals surface area (Å²) in [5, 5.41) is 18.7. The lowest BCUT2D eigenvalue weighted by atomic mass is 10.1. The van der Waals surface area contributed by atoms with Gasteiger partial charge in [0.15, 0.2) is 0 Å². The smallest absolute Gasteiger partial charge is 0.263 e. The molecule has 7 nitrogen and oxygen atoms in total. The Labute approximate surface area is 138 Å². The second kappa shape index (κ2) is 5.69. The van der Waals surface area contributed by atoms with E-state index in [1.54, 1.807) is 12.1 Å².